The predicted molar refractivity (Wildman–Crippen MR) is 157 cm³/mol. The van der Waals surface area contributed by atoms with Gasteiger partial charge < -0.3 is 19.8 Å². The van der Waals surface area contributed by atoms with Crippen molar-refractivity contribution in [1.82, 2.24) is 15.4 Å². The lowest BCUT2D eigenvalue weighted by atomic mass is 9.87. The maximum Gasteiger partial charge on any atom is 0.335 e. The molecular formula is C34H33N3O5. The van der Waals surface area contributed by atoms with Crippen molar-refractivity contribution in [2.75, 3.05) is 6.54 Å². The van der Waals surface area contributed by atoms with Crippen molar-refractivity contribution < 1.29 is 24.0 Å². The van der Waals surface area contributed by atoms with Crippen LogP contribution >= 0.6 is 0 Å². The Balaban J connectivity index is 1.29. The molecule has 8 nitrogen and oxygen atoms in total. The minimum absolute atomic E-state index is 0.0181. The number of carbonyl (C=O) groups is 3. The van der Waals surface area contributed by atoms with Gasteiger partial charge in [-0.25, -0.2) is 4.79 Å². The van der Waals surface area contributed by atoms with Gasteiger partial charge in [0.2, 0.25) is 5.91 Å². The highest BCUT2D eigenvalue weighted by Crippen LogP contribution is 2.47. The fraction of sp³-hybridized carbons (Fsp3) is 0.294. The third-order valence-electron chi connectivity index (χ3n) is 8.38. The number of carboxylic acid groups (broad SMARTS) is 1. The summed E-state index contributed by atoms with van der Waals surface area (Å²) in [5.41, 5.74) is 6.61. The predicted octanol–water partition coefficient (Wildman–Crippen LogP) is 5.78. The van der Waals surface area contributed by atoms with E-state index in [1.807, 2.05) is 50.2 Å². The molecule has 42 heavy (non-hydrogen) atoms. The van der Waals surface area contributed by atoms with Crippen molar-refractivity contribution in [3.63, 3.8) is 0 Å². The monoisotopic (exact) mass is 563 g/mol. The van der Waals surface area contributed by atoms with Gasteiger partial charge in [-0.05, 0) is 64.3 Å². The lowest BCUT2D eigenvalue weighted by Gasteiger charge is -2.32. The SMILES string of the molecule is CC(C)c1oncc1C(=O)N1CCc2c(-c3cccc(C(=O)O)c3)ccc(CNC(=O)[C@@H]3C[C@H]3c3ccccc3)c2C1. The third-order valence-corrected chi connectivity index (χ3v) is 8.38. The minimum atomic E-state index is -0.981. The first-order chi connectivity index (χ1) is 20.3. The second kappa shape index (κ2) is 11.3. The Kier molecular flexibility index (Phi) is 7.37. The number of aromatic carboxylic acids is 1. The first-order valence-electron chi connectivity index (χ1n) is 14.4. The van der Waals surface area contributed by atoms with Crippen LogP contribution in [0.5, 0.6) is 0 Å². The van der Waals surface area contributed by atoms with Crippen molar-refractivity contribution in [2.24, 2.45) is 5.92 Å². The molecule has 0 unspecified atom stereocenters. The molecule has 2 N–H and O–H groups in total. The van der Waals surface area contributed by atoms with Crippen molar-refractivity contribution in [1.29, 1.82) is 0 Å². The standard InChI is InChI=1S/C34H33N3O5/c1-20(2)31-29(18-36-42-31)33(39)37-14-13-26-25(22-9-6-10-23(15-22)34(40)41)12-11-24(30(26)19-37)17-35-32(38)28-16-27(28)21-7-4-3-5-8-21/h3-12,15,18,20,27-28H,13-14,16-17,19H2,1-2H3,(H,35,38)(H,40,41)/t27-,28+/m0/s1. The van der Waals surface area contributed by atoms with Crippen LogP contribution in [0.4, 0.5) is 0 Å². The zero-order valence-corrected chi connectivity index (χ0v) is 23.7. The molecule has 1 aliphatic heterocycles. The molecule has 1 aromatic heterocycles. The van der Waals surface area contributed by atoms with E-state index in [4.69, 9.17) is 4.52 Å². The van der Waals surface area contributed by atoms with E-state index in [0.717, 1.165) is 34.2 Å². The van der Waals surface area contributed by atoms with Crippen molar-refractivity contribution in [3.05, 3.63) is 112 Å². The van der Waals surface area contributed by atoms with Crippen LogP contribution in [0.1, 0.15) is 80.8 Å². The molecule has 2 atom stereocenters. The molecule has 214 valence electrons. The molecule has 1 fully saturated rings. The van der Waals surface area contributed by atoms with E-state index < -0.39 is 5.97 Å². The summed E-state index contributed by atoms with van der Waals surface area (Å²) in [5.74, 6) is -0.295. The van der Waals surface area contributed by atoms with E-state index in [0.29, 0.717) is 37.4 Å². The molecule has 1 aliphatic carbocycles. The van der Waals surface area contributed by atoms with Gasteiger partial charge in [0.1, 0.15) is 5.56 Å². The molecule has 1 saturated carbocycles. The Morgan fingerprint density at radius 1 is 1.05 bits per heavy atom. The smallest absolute Gasteiger partial charge is 0.335 e. The molecule has 6 rings (SSSR count). The highest BCUT2D eigenvalue weighted by atomic mass is 16.5. The van der Waals surface area contributed by atoms with Crippen molar-refractivity contribution >= 4 is 17.8 Å². The van der Waals surface area contributed by atoms with Crippen LogP contribution in [-0.2, 0) is 24.3 Å². The van der Waals surface area contributed by atoms with Crippen molar-refractivity contribution in [2.45, 2.75) is 51.6 Å². The first-order valence-corrected chi connectivity index (χ1v) is 14.4. The Morgan fingerprint density at radius 2 is 1.86 bits per heavy atom. The summed E-state index contributed by atoms with van der Waals surface area (Å²) in [5, 5.41) is 16.6. The number of amides is 2. The normalized spacial score (nSPS) is 17.5. The third kappa shape index (κ3) is 5.32. The molecule has 0 spiro atoms. The number of carboxylic acids is 1. The lowest BCUT2D eigenvalue weighted by molar-refractivity contribution is -0.122. The number of fused-ring (bicyclic) bond motifs is 1. The lowest BCUT2D eigenvalue weighted by Crippen LogP contribution is -2.37. The number of hydrogen-bond acceptors (Lipinski definition) is 5. The van der Waals surface area contributed by atoms with Gasteiger partial charge in [-0.15, -0.1) is 0 Å². The average Bonchev–Trinajstić information content (AvgIpc) is 3.66. The van der Waals surface area contributed by atoms with E-state index in [1.54, 1.807) is 23.1 Å². The van der Waals surface area contributed by atoms with Gasteiger partial charge in [0.05, 0.1) is 11.8 Å². The molecule has 8 heteroatoms. The Bertz CT molecular complexity index is 1660. The van der Waals surface area contributed by atoms with Gasteiger partial charge in [0, 0.05) is 31.5 Å². The minimum Gasteiger partial charge on any atom is -0.478 e. The first kappa shape index (κ1) is 27.4. The molecule has 3 aromatic carbocycles. The molecular weight excluding hydrogens is 530 g/mol. The van der Waals surface area contributed by atoms with Crippen molar-refractivity contribution in [3.8, 4) is 11.1 Å². The van der Waals surface area contributed by atoms with E-state index in [1.165, 1.54) is 11.8 Å². The number of nitrogens with one attached hydrogen (secondary N) is 1. The fourth-order valence-electron chi connectivity index (χ4n) is 6.03. The number of hydrogen-bond donors (Lipinski definition) is 2. The second-order valence-corrected chi connectivity index (χ2v) is 11.4. The van der Waals surface area contributed by atoms with E-state index in [-0.39, 0.29) is 35.1 Å². The summed E-state index contributed by atoms with van der Waals surface area (Å²) in [6.45, 7) is 5.13. The van der Waals surface area contributed by atoms with E-state index >= 15 is 0 Å². The highest BCUT2D eigenvalue weighted by molar-refractivity contribution is 5.95. The Labute approximate surface area is 244 Å². The van der Waals surface area contributed by atoms with Gasteiger partial charge in [-0.3, -0.25) is 9.59 Å². The van der Waals surface area contributed by atoms with E-state index in [2.05, 4.69) is 22.6 Å². The number of nitrogens with zero attached hydrogens (tertiary/aromatic N) is 2. The van der Waals surface area contributed by atoms with Crippen LogP contribution in [0.25, 0.3) is 11.1 Å². The van der Waals surface area contributed by atoms with Crippen LogP contribution in [0.3, 0.4) is 0 Å². The van der Waals surface area contributed by atoms with Crippen LogP contribution in [0.2, 0.25) is 0 Å². The Morgan fingerprint density at radius 3 is 2.62 bits per heavy atom. The zero-order valence-electron chi connectivity index (χ0n) is 23.7. The largest absolute Gasteiger partial charge is 0.478 e. The summed E-state index contributed by atoms with van der Waals surface area (Å²) >= 11 is 0. The molecule has 0 radical (unpaired) electrons. The summed E-state index contributed by atoms with van der Waals surface area (Å²) < 4.78 is 5.38. The quantitative estimate of drug-likeness (QED) is 0.281. The van der Waals surface area contributed by atoms with Gasteiger partial charge in [-0.2, -0.15) is 0 Å². The van der Waals surface area contributed by atoms with Gasteiger partial charge in [0.15, 0.2) is 5.76 Å². The summed E-state index contributed by atoms with van der Waals surface area (Å²) in [7, 11) is 0. The maximum atomic E-state index is 13.6. The van der Waals surface area contributed by atoms with Crippen LogP contribution < -0.4 is 5.32 Å². The fourth-order valence-corrected chi connectivity index (χ4v) is 6.03. The molecule has 2 heterocycles. The topological polar surface area (TPSA) is 113 Å². The van der Waals surface area contributed by atoms with Gasteiger partial charge >= 0.3 is 5.97 Å². The van der Waals surface area contributed by atoms with Crippen LogP contribution in [-0.4, -0.2) is 39.5 Å². The summed E-state index contributed by atoms with van der Waals surface area (Å²) in [4.78, 5) is 40.2. The molecule has 0 saturated heterocycles. The summed E-state index contributed by atoms with van der Waals surface area (Å²) in [6.07, 6.45) is 2.92. The number of aromatic nitrogens is 1. The second-order valence-electron chi connectivity index (χ2n) is 11.4. The number of rotatable bonds is 8. The average molecular weight is 564 g/mol. The van der Waals surface area contributed by atoms with Gasteiger partial charge in [0.25, 0.3) is 5.91 Å². The molecule has 2 amide bonds. The maximum absolute atomic E-state index is 13.6. The number of carbonyl (C=O) groups excluding carboxylic acids is 2. The number of benzene rings is 3. The van der Waals surface area contributed by atoms with Gasteiger partial charge in [-0.1, -0.05) is 73.6 Å². The Hall–Kier alpha value is -4.72. The van der Waals surface area contributed by atoms with Crippen LogP contribution in [0.15, 0.2) is 77.4 Å². The molecule has 2 aliphatic rings. The summed E-state index contributed by atoms with van der Waals surface area (Å²) in [6, 6.07) is 21.0. The molecule has 4 aromatic rings. The van der Waals surface area contributed by atoms with Crippen LogP contribution in [0, 0.1) is 5.92 Å². The highest BCUT2D eigenvalue weighted by Gasteiger charge is 2.43. The molecule has 0 bridgehead atoms. The van der Waals surface area contributed by atoms with E-state index in [9.17, 15) is 19.5 Å². The zero-order chi connectivity index (χ0) is 29.4.